The molecular formula is C25H29N3O2. The molecule has 1 saturated heterocycles. The van der Waals surface area contributed by atoms with Crippen LogP contribution in [0.4, 0.5) is 10.5 Å². The Kier molecular flexibility index (Phi) is 3.98. The zero-order valence-corrected chi connectivity index (χ0v) is 18.3. The molecule has 0 unspecified atom stereocenters. The van der Waals surface area contributed by atoms with Gasteiger partial charge in [-0.25, -0.2) is 4.79 Å². The van der Waals surface area contributed by atoms with E-state index in [0.29, 0.717) is 6.54 Å². The van der Waals surface area contributed by atoms with Gasteiger partial charge < -0.3 is 14.2 Å². The van der Waals surface area contributed by atoms with Gasteiger partial charge in [-0.2, -0.15) is 0 Å². The lowest BCUT2D eigenvalue weighted by Gasteiger charge is -2.37. The Morgan fingerprint density at radius 3 is 2.50 bits per heavy atom. The highest BCUT2D eigenvalue weighted by Crippen LogP contribution is 2.56. The number of amides is 1. The number of benzene rings is 2. The second-order valence-electron chi connectivity index (χ2n) is 9.57. The molecule has 1 amide bonds. The van der Waals surface area contributed by atoms with E-state index in [4.69, 9.17) is 4.74 Å². The summed E-state index contributed by atoms with van der Waals surface area (Å²) in [7, 11) is 4.20. The largest absolute Gasteiger partial charge is 0.444 e. The van der Waals surface area contributed by atoms with Crippen molar-refractivity contribution in [1.82, 2.24) is 9.47 Å². The standard InChI is InChI=1S/C25H29N3O2/c1-24(2,3)30-23(29)28-15-14-25(18-11-7-9-13-21(18)27(5)22(25)28)19-16-26(4)20-12-8-6-10-17(19)20/h6-13,16,22H,14-15H2,1-5H3/t22-,25-/m0/s1. The highest BCUT2D eigenvalue weighted by atomic mass is 16.6. The number of aryl methyl sites for hydroxylation is 1. The number of rotatable bonds is 1. The van der Waals surface area contributed by atoms with Crippen LogP contribution in [0.1, 0.15) is 38.3 Å². The van der Waals surface area contributed by atoms with Gasteiger partial charge in [-0.05, 0) is 50.5 Å². The second kappa shape index (κ2) is 6.27. The Bertz CT molecular complexity index is 1140. The molecule has 1 fully saturated rings. The SMILES string of the molecule is CN1c2ccccc2[C@]2(c3cn(C)c4ccccc34)CCN(C(=O)OC(C)(C)C)[C@H]12. The lowest BCUT2D eigenvalue weighted by molar-refractivity contribution is 0.0213. The molecule has 0 aliphatic carbocycles. The Morgan fingerprint density at radius 1 is 1.03 bits per heavy atom. The third kappa shape index (κ3) is 2.51. The number of nitrogens with zero attached hydrogens (tertiary/aromatic N) is 3. The van der Waals surface area contributed by atoms with E-state index >= 15 is 0 Å². The van der Waals surface area contributed by atoms with E-state index in [1.807, 2.05) is 25.7 Å². The van der Waals surface area contributed by atoms with Crippen molar-refractivity contribution in [1.29, 1.82) is 0 Å². The summed E-state index contributed by atoms with van der Waals surface area (Å²) < 4.78 is 8.01. The number of carbonyl (C=O) groups is 1. The maximum absolute atomic E-state index is 13.2. The molecule has 30 heavy (non-hydrogen) atoms. The first-order valence-electron chi connectivity index (χ1n) is 10.6. The summed E-state index contributed by atoms with van der Waals surface area (Å²) in [6, 6.07) is 17.1. The van der Waals surface area contributed by atoms with Crippen LogP contribution in [-0.2, 0) is 17.2 Å². The molecule has 2 aliphatic heterocycles. The Balaban J connectivity index is 1.72. The number of hydrogen-bond acceptors (Lipinski definition) is 3. The lowest BCUT2D eigenvalue weighted by atomic mass is 9.73. The number of para-hydroxylation sites is 2. The lowest BCUT2D eigenvalue weighted by Crippen LogP contribution is -2.52. The van der Waals surface area contributed by atoms with Gasteiger partial charge >= 0.3 is 6.09 Å². The predicted octanol–water partition coefficient (Wildman–Crippen LogP) is 4.88. The van der Waals surface area contributed by atoms with Gasteiger partial charge in [-0.3, -0.25) is 4.90 Å². The van der Waals surface area contributed by atoms with Crippen LogP contribution in [0.5, 0.6) is 0 Å². The number of likely N-dealkylation sites (tertiary alicyclic amines) is 1. The highest BCUT2D eigenvalue weighted by Gasteiger charge is 2.59. The van der Waals surface area contributed by atoms with E-state index in [-0.39, 0.29) is 17.7 Å². The summed E-state index contributed by atoms with van der Waals surface area (Å²) >= 11 is 0. The maximum Gasteiger partial charge on any atom is 0.411 e. The van der Waals surface area contributed by atoms with E-state index in [2.05, 4.69) is 78.3 Å². The Hall–Kier alpha value is -2.95. The van der Waals surface area contributed by atoms with Crippen LogP contribution in [0.25, 0.3) is 10.9 Å². The first kappa shape index (κ1) is 19.0. The molecule has 5 heteroatoms. The summed E-state index contributed by atoms with van der Waals surface area (Å²) in [5.74, 6) is 0. The molecule has 0 saturated carbocycles. The molecule has 0 N–H and O–H groups in total. The molecule has 1 aromatic heterocycles. The van der Waals surface area contributed by atoms with Crippen molar-refractivity contribution in [3.63, 3.8) is 0 Å². The van der Waals surface area contributed by atoms with Crippen molar-refractivity contribution in [2.24, 2.45) is 7.05 Å². The third-order valence-corrected chi connectivity index (χ3v) is 6.62. The minimum atomic E-state index is -0.522. The van der Waals surface area contributed by atoms with Crippen LogP contribution in [-0.4, -0.2) is 40.9 Å². The van der Waals surface area contributed by atoms with E-state index in [0.717, 1.165) is 6.42 Å². The van der Waals surface area contributed by atoms with E-state index in [1.54, 1.807) is 0 Å². The summed E-state index contributed by atoms with van der Waals surface area (Å²) in [5, 5.41) is 1.25. The topological polar surface area (TPSA) is 37.7 Å². The van der Waals surface area contributed by atoms with Crippen molar-refractivity contribution >= 4 is 22.7 Å². The molecule has 0 bridgehead atoms. The van der Waals surface area contributed by atoms with Crippen LogP contribution >= 0.6 is 0 Å². The van der Waals surface area contributed by atoms with E-state index in [1.165, 1.54) is 27.7 Å². The number of aromatic nitrogens is 1. The molecule has 2 aliphatic rings. The number of fused-ring (bicyclic) bond motifs is 4. The monoisotopic (exact) mass is 403 g/mol. The molecule has 0 spiro atoms. The number of anilines is 1. The molecule has 2 aromatic carbocycles. The summed E-state index contributed by atoms with van der Waals surface area (Å²) in [6.07, 6.45) is 2.77. The van der Waals surface area contributed by atoms with Gasteiger partial charge in [-0.15, -0.1) is 0 Å². The zero-order valence-electron chi connectivity index (χ0n) is 18.3. The van der Waals surface area contributed by atoms with Crippen molar-refractivity contribution in [3.05, 3.63) is 65.9 Å². The zero-order chi connectivity index (χ0) is 21.3. The van der Waals surface area contributed by atoms with Crippen molar-refractivity contribution in [3.8, 4) is 0 Å². The first-order chi connectivity index (χ1) is 14.2. The smallest absolute Gasteiger partial charge is 0.411 e. The summed E-state index contributed by atoms with van der Waals surface area (Å²) in [6.45, 7) is 6.44. The fourth-order valence-electron chi connectivity index (χ4n) is 5.55. The molecule has 3 aromatic rings. The average Bonchev–Trinajstić information content (AvgIpc) is 3.32. The quantitative estimate of drug-likeness (QED) is 0.581. The number of carbonyl (C=O) groups excluding carboxylic acids is 1. The minimum Gasteiger partial charge on any atom is -0.444 e. The van der Waals surface area contributed by atoms with Crippen molar-refractivity contribution in [2.75, 3.05) is 18.5 Å². The Labute approximate surface area is 177 Å². The molecule has 5 nitrogen and oxygen atoms in total. The van der Waals surface area contributed by atoms with Gasteiger partial charge in [0.05, 0.1) is 5.41 Å². The first-order valence-corrected chi connectivity index (χ1v) is 10.6. The second-order valence-corrected chi connectivity index (χ2v) is 9.57. The summed E-state index contributed by atoms with van der Waals surface area (Å²) in [5.41, 5.74) is 4.16. The number of ether oxygens (including phenoxy) is 1. The fraction of sp³-hybridized carbons (Fsp3) is 0.400. The van der Waals surface area contributed by atoms with Gasteiger partial charge in [0.25, 0.3) is 0 Å². The molecule has 5 rings (SSSR count). The number of likely N-dealkylation sites (N-methyl/N-ethyl adjacent to an activating group) is 1. The molecule has 2 atom stereocenters. The van der Waals surface area contributed by atoms with Crippen LogP contribution in [0.2, 0.25) is 0 Å². The molecule has 156 valence electrons. The molecular weight excluding hydrogens is 374 g/mol. The van der Waals surface area contributed by atoms with Crippen molar-refractivity contribution in [2.45, 2.75) is 44.4 Å². The van der Waals surface area contributed by atoms with E-state index < -0.39 is 5.60 Å². The van der Waals surface area contributed by atoms with Gasteiger partial charge in [-0.1, -0.05) is 36.4 Å². The average molecular weight is 404 g/mol. The predicted molar refractivity (Wildman–Crippen MR) is 120 cm³/mol. The molecule has 0 radical (unpaired) electrons. The van der Waals surface area contributed by atoms with Crippen LogP contribution in [0.3, 0.4) is 0 Å². The fourth-order valence-corrected chi connectivity index (χ4v) is 5.55. The molecule has 3 heterocycles. The Morgan fingerprint density at radius 2 is 1.73 bits per heavy atom. The summed E-state index contributed by atoms with van der Waals surface area (Å²) in [4.78, 5) is 17.4. The van der Waals surface area contributed by atoms with Gasteiger partial charge in [0.2, 0.25) is 0 Å². The van der Waals surface area contributed by atoms with Crippen LogP contribution in [0.15, 0.2) is 54.7 Å². The normalized spacial score (nSPS) is 23.0. The minimum absolute atomic E-state index is 0.115. The third-order valence-electron chi connectivity index (χ3n) is 6.62. The highest BCUT2D eigenvalue weighted by molar-refractivity contribution is 5.88. The van der Waals surface area contributed by atoms with Gasteiger partial charge in [0, 0.05) is 43.4 Å². The van der Waals surface area contributed by atoms with E-state index in [9.17, 15) is 4.79 Å². The van der Waals surface area contributed by atoms with Gasteiger partial charge in [0.1, 0.15) is 11.8 Å². The van der Waals surface area contributed by atoms with Crippen LogP contribution < -0.4 is 4.90 Å². The maximum atomic E-state index is 13.2. The van der Waals surface area contributed by atoms with Crippen molar-refractivity contribution < 1.29 is 9.53 Å². The number of hydrogen-bond donors (Lipinski definition) is 0. The van der Waals surface area contributed by atoms with Gasteiger partial charge in [0.15, 0.2) is 0 Å². The van der Waals surface area contributed by atoms with Crippen LogP contribution in [0, 0.1) is 0 Å².